The lowest BCUT2D eigenvalue weighted by Crippen LogP contribution is -2.26. The molecule has 1 heterocycles. The Balaban J connectivity index is 2.18. The first kappa shape index (κ1) is 15.0. The molecule has 1 aromatic carbocycles. The van der Waals surface area contributed by atoms with Crippen LogP contribution >= 0.6 is 11.6 Å². The zero-order chi connectivity index (χ0) is 15.4. The van der Waals surface area contributed by atoms with Gasteiger partial charge in [-0.25, -0.2) is 9.78 Å². The molecule has 0 aliphatic carbocycles. The molecule has 21 heavy (non-hydrogen) atoms. The third-order valence-electron chi connectivity index (χ3n) is 2.94. The number of rotatable bonds is 4. The predicted octanol–water partition coefficient (Wildman–Crippen LogP) is 2.71. The van der Waals surface area contributed by atoms with Crippen LogP contribution < -0.4 is 0 Å². The second-order valence-corrected chi connectivity index (χ2v) is 4.89. The molecule has 0 spiro atoms. The summed E-state index contributed by atoms with van der Waals surface area (Å²) in [4.78, 5) is 28.3. The van der Waals surface area contributed by atoms with Crippen LogP contribution in [0.1, 0.15) is 26.4 Å². The van der Waals surface area contributed by atoms with Crippen molar-refractivity contribution in [2.75, 3.05) is 7.05 Å². The van der Waals surface area contributed by atoms with Crippen LogP contribution in [0.4, 0.5) is 0 Å². The Morgan fingerprint density at radius 2 is 2.00 bits per heavy atom. The molecule has 108 valence electrons. The summed E-state index contributed by atoms with van der Waals surface area (Å²) in [6, 6.07) is 9.99. The molecule has 1 amide bonds. The standard InChI is InChI=1S/C15H13ClN2O3/c1-18(9-11-4-2-3-5-12(11)16)14(19)10-6-7-17-13(8-10)15(20)21/h2-8H,9H2,1H3,(H,20,21). The van der Waals surface area contributed by atoms with Gasteiger partial charge in [0.05, 0.1) is 0 Å². The predicted molar refractivity (Wildman–Crippen MR) is 78.4 cm³/mol. The first-order chi connectivity index (χ1) is 9.99. The van der Waals surface area contributed by atoms with Gasteiger partial charge < -0.3 is 10.0 Å². The van der Waals surface area contributed by atoms with Crippen LogP contribution in [-0.2, 0) is 6.54 Å². The number of nitrogens with zero attached hydrogens (tertiary/aromatic N) is 2. The van der Waals surface area contributed by atoms with Crippen molar-refractivity contribution in [3.63, 3.8) is 0 Å². The lowest BCUT2D eigenvalue weighted by molar-refractivity contribution is 0.0690. The molecule has 0 fully saturated rings. The van der Waals surface area contributed by atoms with Gasteiger partial charge in [-0.15, -0.1) is 0 Å². The van der Waals surface area contributed by atoms with E-state index in [0.29, 0.717) is 11.6 Å². The fourth-order valence-corrected chi connectivity index (χ4v) is 2.05. The molecule has 6 heteroatoms. The molecule has 0 bridgehead atoms. The van der Waals surface area contributed by atoms with Crippen molar-refractivity contribution in [3.05, 3.63) is 64.4 Å². The van der Waals surface area contributed by atoms with Crippen molar-refractivity contribution in [1.82, 2.24) is 9.88 Å². The van der Waals surface area contributed by atoms with E-state index < -0.39 is 5.97 Å². The monoisotopic (exact) mass is 304 g/mol. The van der Waals surface area contributed by atoms with Crippen molar-refractivity contribution in [2.45, 2.75) is 6.54 Å². The lowest BCUT2D eigenvalue weighted by atomic mass is 10.1. The number of benzene rings is 1. The average molecular weight is 305 g/mol. The highest BCUT2D eigenvalue weighted by atomic mass is 35.5. The number of carboxylic acid groups (broad SMARTS) is 1. The van der Waals surface area contributed by atoms with Crippen LogP contribution in [0, 0.1) is 0 Å². The molecule has 5 nitrogen and oxygen atoms in total. The van der Waals surface area contributed by atoms with Gasteiger partial charge in [0.25, 0.3) is 5.91 Å². The maximum absolute atomic E-state index is 12.3. The van der Waals surface area contributed by atoms with E-state index >= 15 is 0 Å². The Labute approximate surface area is 126 Å². The van der Waals surface area contributed by atoms with E-state index in [9.17, 15) is 9.59 Å². The van der Waals surface area contributed by atoms with E-state index in [-0.39, 0.29) is 17.2 Å². The first-order valence-electron chi connectivity index (χ1n) is 6.17. The molecule has 2 aromatic rings. The minimum Gasteiger partial charge on any atom is -0.477 e. The van der Waals surface area contributed by atoms with Crippen LogP contribution in [0.15, 0.2) is 42.6 Å². The molecule has 2 rings (SSSR count). The zero-order valence-electron chi connectivity index (χ0n) is 11.3. The first-order valence-corrected chi connectivity index (χ1v) is 6.55. The smallest absolute Gasteiger partial charge is 0.354 e. The summed E-state index contributed by atoms with van der Waals surface area (Å²) in [5.74, 6) is -1.46. The van der Waals surface area contributed by atoms with Crippen LogP contribution in [0.2, 0.25) is 5.02 Å². The minimum absolute atomic E-state index is 0.160. The second-order valence-electron chi connectivity index (χ2n) is 4.49. The molecule has 0 saturated carbocycles. The van der Waals surface area contributed by atoms with E-state index in [1.165, 1.54) is 23.2 Å². The van der Waals surface area contributed by atoms with Crippen molar-refractivity contribution < 1.29 is 14.7 Å². The van der Waals surface area contributed by atoms with Gasteiger partial charge in [0.15, 0.2) is 0 Å². The molecular weight excluding hydrogens is 292 g/mol. The van der Waals surface area contributed by atoms with Gasteiger partial charge >= 0.3 is 5.97 Å². The van der Waals surface area contributed by atoms with Gasteiger partial charge in [-0.05, 0) is 23.8 Å². The topological polar surface area (TPSA) is 70.5 Å². The highest BCUT2D eigenvalue weighted by Gasteiger charge is 2.15. The number of amides is 1. The number of carbonyl (C=O) groups is 2. The number of pyridine rings is 1. The normalized spacial score (nSPS) is 10.2. The Hall–Kier alpha value is -2.40. The third-order valence-corrected chi connectivity index (χ3v) is 3.31. The molecule has 0 atom stereocenters. The van der Waals surface area contributed by atoms with Gasteiger partial charge in [0, 0.05) is 30.4 Å². The molecule has 0 aliphatic rings. The van der Waals surface area contributed by atoms with Crippen LogP contribution in [0.5, 0.6) is 0 Å². The maximum atomic E-state index is 12.3. The van der Waals surface area contributed by atoms with E-state index in [0.717, 1.165) is 5.56 Å². The zero-order valence-corrected chi connectivity index (χ0v) is 12.0. The summed E-state index contributed by atoms with van der Waals surface area (Å²) in [7, 11) is 1.63. The number of aromatic nitrogens is 1. The van der Waals surface area contributed by atoms with Gasteiger partial charge in [0.2, 0.25) is 0 Å². The van der Waals surface area contributed by atoms with E-state index in [1.54, 1.807) is 13.1 Å². The van der Waals surface area contributed by atoms with Gasteiger partial charge in [-0.2, -0.15) is 0 Å². The van der Waals surface area contributed by atoms with Crippen LogP contribution in [0.3, 0.4) is 0 Å². The Morgan fingerprint density at radius 3 is 2.67 bits per heavy atom. The maximum Gasteiger partial charge on any atom is 0.354 e. The molecule has 0 saturated heterocycles. The van der Waals surface area contributed by atoms with Crippen LogP contribution in [-0.4, -0.2) is 33.9 Å². The second kappa shape index (κ2) is 6.37. The molecule has 0 unspecified atom stereocenters. The fourth-order valence-electron chi connectivity index (χ4n) is 1.85. The molecule has 1 aromatic heterocycles. The average Bonchev–Trinajstić information content (AvgIpc) is 2.49. The molecule has 0 radical (unpaired) electrons. The third kappa shape index (κ3) is 3.58. The number of aromatic carboxylic acids is 1. The number of carbonyl (C=O) groups excluding carboxylic acids is 1. The molecule has 1 N–H and O–H groups in total. The fraction of sp³-hybridized carbons (Fsp3) is 0.133. The Morgan fingerprint density at radius 1 is 1.29 bits per heavy atom. The summed E-state index contributed by atoms with van der Waals surface area (Å²) in [5.41, 5.74) is 0.937. The highest BCUT2D eigenvalue weighted by Crippen LogP contribution is 2.17. The van der Waals surface area contributed by atoms with Crippen molar-refractivity contribution in [2.24, 2.45) is 0 Å². The summed E-state index contributed by atoms with van der Waals surface area (Å²) < 4.78 is 0. The van der Waals surface area contributed by atoms with Crippen molar-refractivity contribution in [1.29, 1.82) is 0 Å². The Kier molecular flexibility index (Phi) is 4.55. The number of hydrogen-bond donors (Lipinski definition) is 1. The SMILES string of the molecule is CN(Cc1ccccc1Cl)C(=O)c1ccnc(C(=O)O)c1. The van der Waals surface area contributed by atoms with Crippen molar-refractivity contribution >= 4 is 23.5 Å². The van der Waals surface area contributed by atoms with Crippen molar-refractivity contribution in [3.8, 4) is 0 Å². The summed E-state index contributed by atoms with van der Waals surface area (Å²) in [6.07, 6.45) is 1.31. The summed E-state index contributed by atoms with van der Waals surface area (Å²) in [5, 5.41) is 9.48. The number of carboxylic acids is 1. The largest absolute Gasteiger partial charge is 0.477 e. The van der Waals surface area contributed by atoms with Crippen LogP contribution in [0.25, 0.3) is 0 Å². The van der Waals surface area contributed by atoms with Gasteiger partial charge in [0.1, 0.15) is 5.69 Å². The molecular formula is C15H13ClN2O3. The minimum atomic E-state index is -1.17. The summed E-state index contributed by atoms with van der Waals surface area (Å²) >= 11 is 6.06. The quantitative estimate of drug-likeness (QED) is 0.943. The number of hydrogen-bond acceptors (Lipinski definition) is 3. The Bertz CT molecular complexity index is 688. The van der Waals surface area contributed by atoms with E-state index in [1.807, 2.05) is 18.2 Å². The highest BCUT2D eigenvalue weighted by molar-refractivity contribution is 6.31. The summed E-state index contributed by atoms with van der Waals surface area (Å²) in [6.45, 7) is 0.337. The number of halogens is 1. The lowest BCUT2D eigenvalue weighted by Gasteiger charge is -2.18. The van der Waals surface area contributed by atoms with E-state index in [2.05, 4.69) is 4.98 Å². The van der Waals surface area contributed by atoms with E-state index in [4.69, 9.17) is 16.7 Å². The molecule has 0 aliphatic heterocycles. The van der Waals surface area contributed by atoms with Gasteiger partial charge in [-0.1, -0.05) is 29.8 Å². The van der Waals surface area contributed by atoms with Gasteiger partial charge in [-0.3, -0.25) is 4.79 Å².